The molecule has 4 nitrogen and oxygen atoms in total. The van der Waals surface area contributed by atoms with E-state index in [1.54, 1.807) is 6.07 Å². The van der Waals surface area contributed by atoms with Gasteiger partial charge in [-0.05, 0) is 51.5 Å². The van der Waals surface area contributed by atoms with Crippen molar-refractivity contribution in [2.75, 3.05) is 6.54 Å². The maximum atomic E-state index is 13.2. The van der Waals surface area contributed by atoms with Crippen LogP contribution in [0.4, 0.5) is 9.18 Å². The first-order valence-electron chi connectivity index (χ1n) is 6.81. The van der Waals surface area contributed by atoms with Gasteiger partial charge in [-0.15, -0.1) is 0 Å². The number of hydrogen-bond acceptors (Lipinski definition) is 3. The van der Waals surface area contributed by atoms with Gasteiger partial charge in [0, 0.05) is 24.2 Å². The van der Waals surface area contributed by atoms with Crippen molar-refractivity contribution < 1.29 is 13.9 Å². The Hall–Kier alpha value is -1.33. The van der Waals surface area contributed by atoms with Crippen LogP contribution in [0.25, 0.3) is 0 Å². The van der Waals surface area contributed by atoms with E-state index >= 15 is 0 Å². The van der Waals surface area contributed by atoms with Gasteiger partial charge >= 0.3 is 6.09 Å². The summed E-state index contributed by atoms with van der Waals surface area (Å²) >= 11 is 5.79. The largest absolute Gasteiger partial charge is 0.444 e. The molecule has 0 spiro atoms. The molecule has 0 saturated carbocycles. The first-order chi connectivity index (χ1) is 9.65. The lowest BCUT2D eigenvalue weighted by atomic mass is 10.2. The normalized spacial score (nSPS) is 12.9. The predicted molar refractivity (Wildman–Crippen MR) is 81.9 cm³/mol. The third-order valence-electron chi connectivity index (χ3n) is 2.53. The maximum absolute atomic E-state index is 13.2. The fraction of sp³-hybridized carbons (Fsp3) is 0.533. The second-order valence-electron chi connectivity index (χ2n) is 5.94. The standard InChI is InChI=1S/C15H22ClFN2O2/c1-10(8-19-14(20)21-15(2,3)4)18-9-11-5-12(16)7-13(17)6-11/h5-7,10,18H,8-9H2,1-4H3,(H,19,20). The number of hydrogen-bond donors (Lipinski definition) is 2. The van der Waals surface area contributed by atoms with Crippen LogP contribution in [0.3, 0.4) is 0 Å². The maximum Gasteiger partial charge on any atom is 0.407 e. The molecule has 118 valence electrons. The number of carbonyl (C=O) groups excluding carboxylic acids is 1. The van der Waals surface area contributed by atoms with Crippen LogP contribution in [0.1, 0.15) is 33.3 Å². The molecule has 0 aromatic heterocycles. The van der Waals surface area contributed by atoms with Crippen LogP contribution in [0, 0.1) is 5.82 Å². The number of rotatable bonds is 5. The van der Waals surface area contributed by atoms with Crippen molar-refractivity contribution in [3.63, 3.8) is 0 Å². The average Bonchev–Trinajstić information content (AvgIpc) is 2.30. The fourth-order valence-electron chi connectivity index (χ4n) is 1.63. The van der Waals surface area contributed by atoms with Crippen LogP contribution in [0.15, 0.2) is 18.2 Å². The molecule has 1 atom stereocenters. The average molecular weight is 317 g/mol. The van der Waals surface area contributed by atoms with Crippen molar-refractivity contribution in [1.82, 2.24) is 10.6 Å². The Morgan fingerprint density at radius 3 is 2.62 bits per heavy atom. The first-order valence-corrected chi connectivity index (χ1v) is 7.19. The van der Waals surface area contributed by atoms with E-state index in [9.17, 15) is 9.18 Å². The van der Waals surface area contributed by atoms with E-state index in [0.29, 0.717) is 18.1 Å². The molecule has 1 rings (SSSR count). The second-order valence-corrected chi connectivity index (χ2v) is 6.38. The van der Waals surface area contributed by atoms with Crippen LogP contribution in [0.5, 0.6) is 0 Å². The van der Waals surface area contributed by atoms with Gasteiger partial charge in [0.15, 0.2) is 0 Å². The van der Waals surface area contributed by atoms with Gasteiger partial charge in [0.1, 0.15) is 11.4 Å². The number of halogens is 2. The second kappa shape index (κ2) is 7.61. The Kier molecular flexibility index (Phi) is 6.42. The third kappa shape index (κ3) is 7.87. The topological polar surface area (TPSA) is 50.4 Å². The molecule has 0 aliphatic rings. The number of amides is 1. The van der Waals surface area contributed by atoms with Gasteiger partial charge < -0.3 is 15.4 Å². The predicted octanol–water partition coefficient (Wildman–Crippen LogP) is 3.48. The van der Waals surface area contributed by atoms with E-state index in [4.69, 9.17) is 16.3 Å². The molecule has 21 heavy (non-hydrogen) atoms. The SMILES string of the molecule is CC(CNC(=O)OC(C)(C)C)NCc1cc(F)cc(Cl)c1. The minimum atomic E-state index is -0.515. The van der Waals surface area contributed by atoms with Crippen molar-refractivity contribution >= 4 is 17.7 Å². The van der Waals surface area contributed by atoms with E-state index in [1.807, 2.05) is 27.7 Å². The number of benzene rings is 1. The van der Waals surface area contributed by atoms with Crippen LogP contribution < -0.4 is 10.6 Å². The highest BCUT2D eigenvalue weighted by atomic mass is 35.5. The van der Waals surface area contributed by atoms with E-state index in [-0.39, 0.29) is 11.9 Å². The molecule has 0 fully saturated rings. The molecule has 2 N–H and O–H groups in total. The zero-order valence-corrected chi connectivity index (χ0v) is 13.6. The quantitative estimate of drug-likeness (QED) is 0.874. The molecule has 0 radical (unpaired) electrons. The molecule has 0 saturated heterocycles. The van der Waals surface area contributed by atoms with Gasteiger partial charge in [0.2, 0.25) is 0 Å². The molecule has 6 heteroatoms. The van der Waals surface area contributed by atoms with E-state index in [2.05, 4.69) is 10.6 Å². The van der Waals surface area contributed by atoms with Gasteiger partial charge in [-0.25, -0.2) is 9.18 Å². The molecule has 0 bridgehead atoms. The monoisotopic (exact) mass is 316 g/mol. The lowest BCUT2D eigenvalue weighted by molar-refractivity contribution is 0.0523. The van der Waals surface area contributed by atoms with E-state index < -0.39 is 11.7 Å². The zero-order chi connectivity index (χ0) is 16.0. The number of ether oxygens (including phenoxy) is 1. The highest BCUT2D eigenvalue weighted by Gasteiger charge is 2.16. The molecule has 0 aliphatic carbocycles. The molecular formula is C15H22ClFN2O2. The van der Waals surface area contributed by atoms with Crippen molar-refractivity contribution in [3.05, 3.63) is 34.6 Å². The lowest BCUT2D eigenvalue weighted by Gasteiger charge is -2.21. The first kappa shape index (κ1) is 17.7. The van der Waals surface area contributed by atoms with Crippen molar-refractivity contribution in [3.8, 4) is 0 Å². The summed E-state index contributed by atoms with van der Waals surface area (Å²) in [6.07, 6.45) is -0.454. The summed E-state index contributed by atoms with van der Waals surface area (Å²) in [5.41, 5.74) is 0.239. The van der Waals surface area contributed by atoms with E-state index in [1.165, 1.54) is 12.1 Å². The highest BCUT2D eigenvalue weighted by molar-refractivity contribution is 6.30. The summed E-state index contributed by atoms with van der Waals surface area (Å²) in [4.78, 5) is 11.5. The van der Waals surface area contributed by atoms with Gasteiger partial charge in [-0.2, -0.15) is 0 Å². The Balaban J connectivity index is 2.34. The smallest absolute Gasteiger partial charge is 0.407 e. The Bertz CT molecular complexity index is 469. The van der Waals surface area contributed by atoms with Crippen LogP contribution >= 0.6 is 11.6 Å². The molecule has 0 heterocycles. The third-order valence-corrected chi connectivity index (χ3v) is 2.75. The van der Waals surface area contributed by atoms with Crippen molar-refractivity contribution in [2.45, 2.75) is 45.9 Å². The number of alkyl carbamates (subject to hydrolysis) is 1. The Morgan fingerprint density at radius 2 is 2.05 bits per heavy atom. The summed E-state index contributed by atoms with van der Waals surface area (Å²) in [6, 6.07) is 4.40. The minimum absolute atomic E-state index is 0.0135. The van der Waals surface area contributed by atoms with Gasteiger partial charge in [0.25, 0.3) is 0 Å². The number of nitrogens with one attached hydrogen (secondary N) is 2. The molecule has 1 aromatic carbocycles. The summed E-state index contributed by atoms with van der Waals surface area (Å²) in [6.45, 7) is 8.22. The molecule has 1 amide bonds. The van der Waals surface area contributed by atoms with Crippen LogP contribution in [-0.2, 0) is 11.3 Å². The number of carbonyl (C=O) groups is 1. The van der Waals surface area contributed by atoms with Gasteiger partial charge in [0.05, 0.1) is 0 Å². The summed E-state index contributed by atoms with van der Waals surface area (Å²) in [5.74, 6) is -0.362. The highest BCUT2D eigenvalue weighted by Crippen LogP contribution is 2.14. The van der Waals surface area contributed by atoms with Crippen molar-refractivity contribution in [2.24, 2.45) is 0 Å². The molecule has 1 unspecified atom stereocenters. The summed E-state index contributed by atoms with van der Waals surface area (Å²) in [5, 5.41) is 6.22. The molecule has 1 aromatic rings. The molecular weight excluding hydrogens is 295 g/mol. The lowest BCUT2D eigenvalue weighted by Crippen LogP contribution is -2.41. The van der Waals surface area contributed by atoms with Crippen LogP contribution in [-0.4, -0.2) is 24.3 Å². The Morgan fingerprint density at radius 1 is 1.38 bits per heavy atom. The minimum Gasteiger partial charge on any atom is -0.444 e. The fourth-order valence-corrected chi connectivity index (χ4v) is 1.87. The van der Waals surface area contributed by atoms with E-state index in [0.717, 1.165) is 5.56 Å². The Labute approximate surface area is 130 Å². The van der Waals surface area contributed by atoms with Gasteiger partial charge in [-0.1, -0.05) is 11.6 Å². The zero-order valence-electron chi connectivity index (χ0n) is 12.8. The molecule has 0 aliphatic heterocycles. The van der Waals surface area contributed by atoms with Crippen molar-refractivity contribution in [1.29, 1.82) is 0 Å². The summed E-state index contributed by atoms with van der Waals surface area (Å²) < 4.78 is 18.3. The van der Waals surface area contributed by atoms with Crippen LogP contribution in [0.2, 0.25) is 5.02 Å². The van der Waals surface area contributed by atoms with Gasteiger partial charge in [-0.3, -0.25) is 0 Å². The summed E-state index contributed by atoms with van der Waals surface area (Å²) in [7, 11) is 0.